The molecule has 0 aliphatic carbocycles. The van der Waals surface area contributed by atoms with E-state index in [2.05, 4.69) is 59.1 Å². The number of thiophene rings is 1. The number of aryl methyl sites for hydroxylation is 3. The summed E-state index contributed by atoms with van der Waals surface area (Å²) in [7, 11) is 0. The second kappa shape index (κ2) is 5.19. The zero-order valence-electron chi connectivity index (χ0n) is 10.2. The van der Waals surface area contributed by atoms with Gasteiger partial charge in [-0.3, -0.25) is 0 Å². The van der Waals surface area contributed by atoms with Crippen LogP contribution in [-0.4, -0.2) is 4.98 Å². The van der Waals surface area contributed by atoms with Crippen LogP contribution in [0.5, 0.6) is 0 Å². The van der Waals surface area contributed by atoms with E-state index in [0.29, 0.717) is 0 Å². The standard InChI is InChI=1S/C13H15BrN2S/c1-8-5-12(17-10(8)3)7-16-13-9(2)4-11(14)6-15-13/h4-6H,7H2,1-3H3,(H,15,16). The number of hydrogen-bond acceptors (Lipinski definition) is 3. The molecule has 2 rings (SSSR count). The molecule has 0 aromatic carbocycles. The van der Waals surface area contributed by atoms with Gasteiger partial charge in [-0.15, -0.1) is 11.3 Å². The molecule has 0 unspecified atom stereocenters. The van der Waals surface area contributed by atoms with Crippen molar-refractivity contribution in [3.63, 3.8) is 0 Å². The van der Waals surface area contributed by atoms with Gasteiger partial charge in [-0.2, -0.15) is 0 Å². The average molecular weight is 311 g/mol. The predicted molar refractivity (Wildman–Crippen MR) is 77.8 cm³/mol. The van der Waals surface area contributed by atoms with Crippen molar-refractivity contribution in [1.29, 1.82) is 0 Å². The van der Waals surface area contributed by atoms with Gasteiger partial charge in [-0.25, -0.2) is 4.98 Å². The quantitative estimate of drug-likeness (QED) is 0.906. The first-order chi connectivity index (χ1) is 8.06. The maximum absolute atomic E-state index is 4.37. The Morgan fingerprint density at radius 2 is 2.00 bits per heavy atom. The number of aromatic nitrogens is 1. The van der Waals surface area contributed by atoms with E-state index >= 15 is 0 Å². The summed E-state index contributed by atoms with van der Waals surface area (Å²) in [5, 5.41) is 3.38. The van der Waals surface area contributed by atoms with E-state index in [4.69, 9.17) is 0 Å². The highest BCUT2D eigenvalue weighted by Crippen LogP contribution is 2.22. The number of anilines is 1. The molecule has 1 N–H and O–H groups in total. The number of hydrogen-bond donors (Lipinski definition) is 1. The van der Waals surface area contributed by atoms with Crippen molar-refractivity contribution in [3.05, 3.63) is 43.7 Å². The summed E-state index contributed by atoms with van der Waals surface area (Å²) in [6.45, 7) is 7.21. The Hall–Kier alpha value is -0.870. The van der Waals surface area contributed by atoms with Gasteiger partial charge in [0.2, 0.25) is 0 Å². The Bertz CT molecular complexity index is 515. The van der Waals surface area contributed by atoms with Gasteiger partial charge in [0.1, 0.15) is 5.82 Å². The summed E-state index contributed by atoms with van der Waals surface area (Å²) in [5.41, 5.74) is 2.52. The minimum Gasteiger partial charge on any atom is -0.365 e. The van der Waals surface area contributed by atoms with Crippen LogP contribution in [0.15, 0.2) is 22.8 Å². The average Bonchev–Trinajstić information content (AvgIpc) is 2.57. The Balaban J connectivity index is 2.07. The highest BCUT2D eigenvalue weighted by atomic mass is 79.9. The minimum atomic E-state index is 0.842. The molecule has 4 heteroatoms. The van der Waals surface area contributed by atoms with E-state index in [1.807, 2.05) is 17.5 Å². The van der Waals surface area contributed by atoms with Crippen LogP contribution < -0.4 is 5.32 Å². The normalized spacial score (nSPS) is 10.6. The van der Waals surface area contributed by atoms with Crippen LogP contribution in [0.2, 0.25) is 0 Å². The SMILES string of the molecule is Cc1cc(Br)cnc1NCc1cc(C)c(C)s1. The molecule has 0 saturated carbocycles. The van der Waals surface area contributed by atoms with Crippen LogP contribution in [0.25, 0.3) is 0 Å². The molecule has 0 atom stereocenters. The van der Waals surface area contributed by atoms with E-state index in [-0.39, 0.29) is 0 Å². The molecule has 90 valence electrons. The van der Waals surface area contributed by atoms with Crippen molar-refractivity contribution in [2.45, 2.75) is 27.3 Å². The van der Waals surface area contributed by atoms with Gasteiger partial charge >= 0.3 is 0 Å². The zero-order chi connectivity index (χ0) is 12.4. The van der Waals surface area contributed by atoms with Crippen LogP contribution in [0.3, 0.4) is 0 Å². The number of nitrogens with zero attached hydrogens (tertiary/aromatic N) is 1. The van der Waals surface area contributed by atoms with E-state index in [0.717, 1.165) is 22.4 Å². The second-order valence-electron chi connectivity index (χ2n) is 4.12. The molecule has 2 aromatic rings. The largest absolute Gasteiger partial charge is 0.365 e. The lowest BCUT2D eigenvalue weighted by atomic mass is 10.2. The molecular weight excluding hydrogens is 296 g/mol. The lowest BCUT2D eigenvalue weighted by Crippen LogP contribution is -2.01. The number of nitrogens with one attached hydrogen (secondary N) is 1. The first-order valence-corrected chi connectivity index (χ1v) is 7.09. The fourth-order valence-corrected chi connectivity index (χ4v) is 3.07. The highest BCUT2D eigenvalue weighted by Gasteiger charge is 2.03. The smallest absolute Gasteiger partial charge is 0.129 e. The van der Waals surface area contributed by atoms with Gasteiger partial charge in [0.05, 0.1) is 6.54 Å². The molecule has 0 radical (unpaired) electrons. The van der Waals surface area contributed by atoms with Gasteiger partial charge in [-0.05, 0) is 60.0 Å². The molecule has 0 bridgehead atoms. The topological polar surface area (TPSA) is 24.9 Å². The zero-order valence-corrected chi connectivity index (χ0v) is 12.6. The second-order valence-corrected chi connectivity index (χ2v) is 6.38. The molecule has 0 aliphatic rings. The molecule has 0 saturated heterocycles. The Morgan fingerprint density at radius 3 is 2.59 bits per heavy atom. The third-order valence-corrected chi connectivity index (χ3v) is 4.28. The minimum absolute atomic E-state index is 0.842. The number of pyridine rings is 1. The number of halogens is 1. The lowest BCUT2D eigenvalue weighted by Gasteiger charge is -2.07. The van der Waals surface area contributed by atoms with Gasteiger partial charge in [-0.1, -0.05) is 0 Å². The van der Waals surface area contributed by atoms with Crippen LogP contribution in [0.1, 0.15) is 20.9 Å². The molecular formula is C13H15BrN2S. The number of rotatable bonds is 3. The monoisotopic (exact) mass is 310 g/mol. The maximum Gasteiger partial charge on any atom is 0.129 e. The van der Waals surface area contributed by atoms with Crippen molar-refractivity contribution in [1.82, 2.24) is 4.98 Å². The van der Waals surface area contributed by atoms with Crippen molar-refractivity contribution in [3.8, 4) is 0 Å². The summed E-state index contributed by atoms with van der Waals surface area (Å²) < 4.78 is 1.02. The molecule has 0 fully saturated rings. The summed E-state index contributed by atoms with van der Waals surface area (Å²) >= 11 is 5.26. The van der Waals surface area contributed by atoms with Gasteiger partial charge < -0.3 is 5.32 Å². The Morgan fingerprint density at radius 1 is 1.24 bits per heavy atom. The molecule has 2 aromatic heterocycles. The lowest BCUT2D eigenvalue weighted by molar-refractivity contribution is 1.12. The van der Waals surface area contributed by atoms with E-state index in [9.17, 15) is 0 Å². The van der Waals surface area contributed by atoms with Gasteiger partial charge in [0.15, 0.2) is 0 Å². The van der Waals surface area contributed by atoms with Crippen LogP contribution in [0, 0.1) is 20.8 Å². The summed E-state index contributed by atoms with van der Waals surface area (Å²) in [6.07, 6.45) is 1.82. The summed E-state index contributed by atoms with van der Waals surface area (Å²) in [4.78, 5) is 7.11. The van der Waals surface area contributed by atoms with Crippen LogP contribution in [0.4, 0.5) is 5.82 Å². The molecule has 0 spiro atoms. The van der Waals surface area contributed by atoms with Crippen molar-refractivity contribution in [2.75, 3.05) is 5.32 Å². The van der Waals surface area contributed by atoms with Gasteiger partial charge in [0.25, 0.3) is 0 Å². The molecule has 2 heterocycles. The highest BCUT2D eigenvalue weighted by molar-refractivity contribution is 9.10. The molecule has 17 heavy (non-hydrogen) atoms. The molecule has 0 amide bonds. The van der Waals surface area contributed by atoms with Crippen LogP contribution >= 0.6 is 27.3 Å². The van der Waals surface area contributed by atoms with E-state index in [1.165, 1.54) is 15.3 Å². The van der Waals surface area contributed by atoms with Crippen molar-refractivity contribution >= 4 is 33.1 Å². The van der Waals surface area contributed by atoms with E-state index in [1.54, 1.807) is 0 Å². The third-order valence-electron chi connectivity index (χ3n) is 2.69. The summed E-state index contributed by atoms with van der Waals surface area (Å²) in [5.74, 6) is 0.955. The maximum atomic E-state index is 4.37. The summed E-state index contributed by atoms with van der Waals surface area (Å²) in [6, 6.07) is 4.31. The van der Waals surface area contributed by atoms with Crippen molar-refractivity contribution in [2.24, 2.45) is 0 Å². The Labute approximate surface area is 114 Å². The fraction of sp³-hybridized carbons (Fsp3) is 0.308. The molecule has 0 aliphatic heterocycles. The fourth-order valence-electron chi connectivity index (χ4n) is 1.63. The van der Waals surface area contributed by atoms with Crippen LogP contribution in [-0.2, 0) is 6.54 Å². The molecule has 2 nitrogen and oxygen atoms in total. The van der Waals surface area contributed by atoms with Crippen molar-refractivity contribution < 1.29 is 0 Å². The van der Waals surface area contributed by atoms with Gasteiger partial charge in [0, 0.05) is 20.4 Å². The first-order valence-electron chi connectivity index (χ1n) is 5.48. The first kappa shape index (κ1) is 12.6. The predicted octanol–water partition coefficient (Wildman–Crippen LogP) is 4.44. The Kier molecular flexibility index (Phi) is 3.84. The van der Waals surface area contributed by atoms with E-state index < -0.39 is 0 Å². The third kappa shape index (κ3) is 3.07.